The highest BCUT2D eigenvalue weighted by atomic mass is 16.5. The number of carbonyl (C=O) groups excluding carboxylic acids is 1. The molecule has 0 bridgehead atoms. The molecule has 0 heterocycles. The lowest BCUT2D eigenvalue weighted by Crippen LogP contribution is -2.34. The second kappa shape index (κ2) is 9.86. The first-order chi connectivity index (χ1) is 8.97. The number of carboxylic acid groups (broad SMARTS) is 1. The zero-order valence-corrected chi connectivity index (χ0v) is 10.2. The van der Waals surface area contributed by atoms with E-state index in [2.05, 4.69) is 4.74 Å². The lowest BCUT2D eigenvalue weighted by atomic mass is 10.2. The second-order valence-corrected chi connectivity index (χ2v) is 3.43. The zero-order valence-electron chi connectivity index (χ0n) is 10.2. The fourth-order valence-electron chi connectivity index (χ4n) is 0.953. The number of para-hydroxylation sites is 1. The van der Waals surface area contributed by atoms with Gasteiger partial charge in [-0.2, -0.15) is 0 Å². The van der Waals surface area contributed by atoms with Crippen LogP contribution in [0.5, 0.6) is 5.75 Å². The summed E-state index contributed by atoms with van der Waals surface area (Å²) in [6.45, 7) is -0.461. The molecule has 7 nitrogen and oxygen atoms in total. The van der Waals surface area contributed by atoms with Crippen molar-refractivity contribution < 1.29 is 29.6 Å². The second-order valence-electron chi connectivity index (χ2n) is 3.43. The van der Waals surface area contributed by atoms with Crippen LogP contribution in [0, 0.1) is 0 Å². The van der Waals surface area contributed by atoms with Gasteiger partial charge in [0.1, 0.15) is 18.4 Å². The van der Waals surface area contributed by atoms with Gasteiger partial charge in [-0.1, -0.05) is 18.2 Å². The van der Waals surface area contributed by atoms with Gasteiger partial charge in [0.15, 0.2) is 0 Å². The number of carbonyl (C=O) groups is 2. The van der Waals surface area contributed by atoms with Crippen molar-refractivity contribution in [3.8, 4) is 5.75 Å². The van der Waals surface area contributed by atoms with Crippen LogP contribution in [0.25, 0.3) is 0 Å². The van der Waals surface area contributed by atoms with E-state index in [9.17, 15) is 9.59 Å². The fourth-order valence-corrected chi connectivity index (χ4v) is 0.953. The maximum absolute atomic E-state index is 10.7. The number of aliphatic hydroxyl groups is 1. The molecule has 0 aliphatic carbocycles. The van der Waals surface area contributed by atoms with Gasteiger partial charge in [0.05, 0.1) is 13.0 Å². The summed E-state index contributed by atoms with van der Waals surface area (Å²) in [5, 5.41) is 25.1. The van der Waals surface area contributed by atoms with E-state index in [4.69, 9.17) is 21.1 Å². The van der Waals surface area contributed by atoms with Crippen LogP contribution in [0.15, 0.2) is 30.3 Å². The van der Waals surface area contributed by atoms with E-state index in [0.29, 0.717) is 5.75 Å². The molecule has 0 aliphatic rings. The molecule has 106 valence electrons. The molecule has 5 N–H and O–H groups in total. The normalized spacial score (nSPS) is 10.8. The summed E-state index contributed by atoms with van der Waals surface area (Å²) in [5.74, 6) is -1.66. The number of phenolic OH excluding ortho intramolecular Hbond substituents is 1. The van der Waals surface area contributed by atoms with E-state index in [-0.39, 0.29) is 13.2 Å². The molecule has 0 fully saturated rings. The predicted octanol–water partition coefficient (Wildman–Crippen LogP) is -0.284. The van der Waals surface area contributed by atoms with Crippen LogP contribution in [0.2, 0.25) is 0 Å². The number of phenols is 1. The van der Waals surface area contributed by atoms with Crippen LogP contribution in [-0.4, -0.2) is 46.5 Å². The van der Waals surface area contributed by atoms with E-state index in [1.807, 2.05) is 6.07 Å². The molecular weight excluding hydrogens is 254 g/mol. The van der Waals surface area contributed by atoms with Crippen molar-refractivity contribution in [2.24, 2.45) is 5.73 Å². The average Bonchev–Trinajstić information content (AvgIpc) is 2.36. The molecule has 1 atom stereocenters. The number of nitrogens with two attached hydrogens (primary N) is 1. The Hall–Kier alpha value is -2.12. The lowest BCUT2D eigenvalue weighted by molar-refractivity contribution is -0.150. The molecule has 0 amide bonds. The fraction of sp³-hybridized carbons (Fsp3) is 0.333. The molecule has 19 heavy (non-hydrogen) atoms. The quantitative estimate of drug-likeness (QED) is 0.541. The van der Waals surface area contributed by atoms with E-state index in [1.165, 1.54) is 0 Å². The number of rotatable bonds is 5. The number of aromatic hydroxyl groups is 1. The molecule has 1 aromatic rings. The Morgan fingerprint density at radius 3 is 2.21 bits per heavy atom. The molecule has 0 aromatic heterocycles. The maximum Gasteiger partial charge on any atom is 0.323 e. The third-order valence-electron chi connectivity index (χ3n) is 1.79. The number of esters is 1. The standard InChI is InChI=1S/C6H11NO5.C6H6O/c7-4(3-5(9)10)6(11)12-2-1-8;7-6-4-2-1-3-5-6/h4,8H,1-3,7H2,(H,9,10);1-5,7H. The largest absolute Gasteiger partial charge is 0.508 e. The topological polar surface area (TPSA) is 130 Å². The number of benzene rings is 1. The van der Waals surface area contributed by atoms with Gasteiger partial charge in [-0.3, -0.25) is 9.59 Å². The van der Waals surface area contributed by atoms with Crippen molar-refractivity contribution in [1.82, 2.24) is 0 Å². The molecule has 0 saturated carbocycles. The third-order valence-corrected chi connectivity index (χ3v) is 1.79. The van der Waals surface area contributed by atoms with Crippen LogP contribution in [-0.2, 0) is 14.3 Å². The minimum atomic E-state index is -1.16. The van der Waals surface area contributed by atoms with Crippen molar-refractivity contribution in [2.75, 3.05) is 13.2 Å². The SMILES string of the molecule is NC(CC(=O)O)C(=O)OCCO.Oc1ccccc1. The number of carboxylic acids is 1. The molecule has 7 heteroatoms. The van der Waals surface area contributed by atoms with Gasteiger partial charge in [0.25, 0.3) is 0 Å². The average molecular weight is 271 g/mol. The highest BCUT2D eigenvalue weighted by Gasteiger charge is 2.17. The Morgan fingerprint density at radius 2 is 1.84 bits per heavy atom. The van der Waals surface area contributed by atoms with Crippen LogP contribution in [0.3, 0.4) is 0 Å². The number of ether oxygens (including phenoxy) is 1. The highest BCUT2D eigenvalue weighted by molar-refractivity contribution is 5.81. The van der Waals surface area contributed by atoms with Gasteiger partial charge in [0, 0.05) is 0 Å². The van der Waals surface area contributed by atoms with Gasteiger partial charge >= 0.3 is 11.9 Å². The summed E-state index contributed by atoms with van der Waals surface area (Å²) in [5.41, 5.74) is 5.12. The Kier molecular flexibility index (Phi) is 8.76. The molecular formula is C12H17NO6. The van der Waals surface area contributed by atoms with Crippen molar-refractivity contribution >= 4 is 11.9 Å². The minimum Gasteiger partial charge on any atom is -0.508 e. The highest BCUT2D eigenvalue weighted by Crippen LogP contribution is 2.02. The van der Waals surface area contributed by atoms with Crippen LogP contribution >= 0.6 is 0 Å². The first-order valence-electron chi connectivity index (χ1n) is 5.46. The predicted molar refractivity (Wildman–Crippen MR) is 66.4 cm³/mol. The molecule has 1 aromatic carbocycles. The van der Waals surface area contributed by atoms with Gasteiger partial charge in [-0.25, -0.2) is 0 Å². The summed E-state index contributed by atoms with van der Waals surface area (Å²) in [6, 6.07) is 7.55. The van der Waals surface area contributed by atoms with Gasteiger partial charge < -0.3 is 25.8 Å². The molecule has 0 spiro atoms. The van der Waals surface area contributed by atoms with Gasteiger partial charge in [-0.05, 0) is 12.1 Å². The third kappa shape index (κ3) is 9.57. The van der Waals surface area contributed by atoms with Crippen molar-refractivity contribution in [3.63, 3.8) is 0 Å². The van der Waals surface area contributed by atoms with Crippen LogP contribution < -0.4 is 5.73 Å². The van der Waals surface area contributed by atoms with Crippen molar-refractivity contribution in [3.05, 3.63) is 30.3 Å². The minimum absolute atomic E-state index is 0.161. The van der Waals surface area contributed by atoms with Crippen molar-refractivity contribution in [2.45, 2.75) is 12.5 Å². The first-order valence-corrected chi connectivity index (χ1v) is 5.46. The Bertz CT molecular complexity index is 381. The van der Waals surface area contributed by atoms with E-state index < -0.39 is 24.4 Å². The smallest absolute Gasteiger partial charge is 0.323 e. The van der Waals surface area contributed by atoms with Gasteiger partial charge in [-0.15, -0.1) is 0 Å². The summed E-state index contributed by atoms with van der Waals surface area (Å²) >= 11 is 0. The monoisotopic (exact) mass is 271 g/mol. The Morgan fingerprint density at radius 1 is 1.26 bits per heavy atom. The van der Waals surface area contributed by atoms with E-state index in [0.717, 1.165) is 0 Å². The lowest BCUT2D eigenvalue weighted by Gasteiger charge is -2.07. The number of hydrogen-bond donors (Lipinski definition) is 4. The Balaban J connectivity index is 0.000000388. The summed E-state index contributed by atoms with van der Waals surface area (Å²) in [4.78, 5) is 20.8. The number of hydrogen-bond acceptors (Lipinski definition) is 6. The molecule has 0 aliphatic heterocycles. The molecule has 1 unspecified atom stereocenters. The summed E-state index contributed by atoms with van der Waals surface area (Å²) < 4.78 is 4.38. The number of aliphatic hydroxyl groups excluding tert-OH is 1. The summed E-state index contributed by atoms with van der Waals surface area (Å²) in [7, 11) is 0. The first kappa shape index (κ1) is 16.9. The van der Waals surface area contributed by atoms with Crippen molar-refractivity contribution in [1.29, 1.82) is 0 Å². The molecule has 0 radical (unpaired) electrons. The Labute approximate surface area is 110 Å². The van der Waals surface area contributed by atoms with Crippen LogP contribution in [0.4, 0.5) is 0 Å². The van der Waals surface area contributed by atoms with E-state index >= 15 is 0 Å². The maximum atomic E-state index is 10.7. The molecule has 1 rings (SSSR count). The van der Waals surface area contributed by atoms with E-state index in [1.54, 1.807) is 24.3 Å². The number of aliphatic carboxylic acids is 1. The van der Waals surface area contributed by atoms with Gasteiger partial charge in [0.2, 0.25) is 0 Å². The summed E-state index contributed by atoms with van der Waals surface area (Å²) in [6.07, 6.45) is -0.468. The molecule has 0 saturated heterocycles. The zero-order chi connectivity index (χ0) is 14.7. The van der Waals surface area contributed by atoms with Crippen LogP contribution in [0.1, 0.15) is 6.42 Å².